The maximum atomic E-state index is 13.1. The largest absolute Gasteiger partial charge is 0.497 e. The molecule has 0 radical (unpaired) electrons. The minimum atomic E-state index is -0.312. The number of nitrogens with zero attached hydrogens (tertiary/aromatic N) is 2. The van der Waals surface area contributed by atoms with Gasteiger partial charge in [-0.25, -0.2) is 0 Å². The van der Waals surface area contributed by atoms with Gasteiger partial charge in [-0.3, -0.25) is 19.3 Å². The zero-order valence-electron chi connectivity index (χ0n) is 19.7. The van der Waals surface area contributed by atoms with E-state index in [1.54, 1.807) is 43.5 Å². The number of carbonyl (C=O) groups excluding carboxylic acids is 3. The van der Waals surface area contributed by atoms with Crippen molar-refractivity contribution in [3.63, 3.8) is 0 Å². The van der Waals surface area contributed by atoms with Crippen molar-refractivity contribution in [1.82, 2.24) is 4.90 Å². The molecule has 0 atom stereocenters. The fraction of sp³-hybridized carbons (Fsp3) is 0.296. The van der Waals surface area contributed by atoms with Crippen molar-refractivity contribution < 1.29 is 23.9 Å². The van der Waals surface area contributed by atoms with Crippen LogP contribution in [-0.4, -0.2) is 50.4 Å². The highest BCUT2D eigenvalue weighted by molar-refractivity contribution is 6.26. The van der Waals surface area contributed by atoms with E-state index in [4.69, 9.17) is 9.47 Å². The van der Waals surface area contributed by atoms with Crippen LogP contribution in [0, 0.1) is 0 Å². The van der Waals surface area contributed by atoms with E-state index >= 15 is 0 Å². The second-order valence-corrected chi connectivity index (χ2v) is 8.48. The first kappa shape index (κ1) is 23.3. The van der Waals surface area contributed by atoms with Gasteiger partial charge in [0.2, 0.25) is 0 Å². The van der Waals surface area contributed by atoms with Crippen LogP contribution in [0.4, 0.5) is 5.69 Å². The summed E-state index contributed by atoms with van der Waals surface area (Å²) in [5, 5.41) is 1.62. The Kier molecular flexibility index (Phi) is 6.82. The van der Waals surface area contributed by atoms with E-state index in [0.717, 1.165) is 16.5 Å². The average Bonchev–Trinajstić information content (AvgIpc) is 2.84. The number of esters is 1. The molecule has 0 spiro atoms. The normalized spacial score (nSPS) is 12.7. The summed E-state index contributed by atoms with van der Waals surface area (Å²) in [7, 11) is 5.46. The molecular weight excluding hydrogens is 432 g/mol. The highest BCUT2D eigenvalue weighted by Gasteiger charge is 2.33. The summed E-state index contributed by atoms with van der Waals surface area (Å²) in [4.78, 5) is 41.6. The number of ether oxygens (including phenoxy) is 2. The molecule has 0 N–H and O–H groups in total. The van der Waals surface area contributed by atoms with Crippen molar-refractivity contribution in [2.75, 3.05) is 32.6 Å². The molecule has 176 valence electrons. The summed E-state index contributed by atoms with van der Waals surface area (Å²) in [6.07, 6.45) is 2.20. The van der Waals surface area contributed by atoms with Gasteiger partial charge in [-0.15, -0.1) is 0 Å². The SMILES string of the molecule is COc1ccc(OC(=O)CCCCCN2C(=O)c3cccc4c(N(C)C)ccc(c34)C2=O)cc1. The molecule has 0 saturated carbocycles. The molecule has 0 unspecified atom stereocenters. The molecule has 1 heterocycles. The number of hydrogen-bond acceptors (Lipinski definition) is 6. The summed E-state index contributed by atoms with van der Waals surface area (Å²) in [5.41, 5.74) is 2.08. The Labute approximate surface area is 198 Å². The van der Waals surface area contributed by atoms with Crippen LogP contribution < -0.4 is 14.4 Å². The zero-order valence-corrected chi connectivity index (χ0v) is 19.7. The Hall–Kier alpha value is -3.87. The number of benzene rings is 3. The monoisotopic (exact) mass is 460 g/mol. The Morgan fingerprint density at radius 2 is 1.53 bits per heavy atom. The molecule has 1 aliphatic heterocycles. The molecule has 4 rings (SSSR count). The van der Waals surface area contributed by atoms with Crippen molar-refractivity contribution in [1.29, 1.82) is 0 Å². The summed E-state index contributed by atoms with van der Waals surface area (Å²) < 4.78 is 10.4. The molecule has 0 aliphatic carbocycles. The summed E-state index contributed by atoms with van der Waals surface area (Å²) in [6.45, 7) is 0.316. The number of unbranched alkanes of at least 4 members (excludes halogenated alkanes) is 2. The lowest BCUT2D eigenvalue weighted by Crippen LogP contribution is -2.41. The van der Waals surface area contributed by atoms with Crippen LogP contribution >= 0.6 is 0 Å². The molecule has 3 aromatic carbocycles. The molecule has 0 fully saturated rings. The third-order valence-electron chi connectivity index (χ3n) is 6.00. The number of rotatable bonds is 9. The standard InChI is InChI=1S/C27H28N2O5/c1-28(2)23-16-15-22-25-20(23)8-7-9-21(25)26(31)29(27(22)32)17-6-4-5-10-24(30)34-19-13-11-18(33-3)12-14-19/h7-9,11-16H,4-6,10,17H2,1-3H3. The first-order valence-electron chi connectivity index (χ1n) is 11.3. The quantitative estimate of drug-likeness (QED) is 0.200. The van der Waals surface area contributed by atoms with Gasteiger partial charge in [0, 0.05) is 54.6 Å². The first-order chi connectivity index (χ1) is 16.4. The Balaban J connectivity index is 1.33. The lowest BCUT2D eigenvalue weighted by atomic mass is 9.92. The molecule has 1 aliphatic rings. The van der Waals surface area contributed by atoms with Gasteiger partial charge in [-0.1, -0.05) is 18.6 Å². The maximum Gasteiger partial charge on any atom is 0.311 e. The minimum Gasteiger partial charge on any atom is -0.497 e. The van der Waals surface area contributed by atoms with E-state index in [1.165, 1.54) is 4.90 Å². The highest BCUT2D eigenvalue weighted by atomic mass is 16.5. The van der Waals surface area contributed by atoms with Crippen molar-refractivity contribution in [2.45, 2.75) is 25.7 Å². The van der Waals surface area contributed by atoms with Crippen molar-refractivity contribution >= 4 is 34.2 Å². The van der Waals surface area contributed by atoms with E-state index < -0.39 is 0 Å². The number of hydrogen-bond donors (Lipinski definition) is 0. The third kappa shape index (κ3) is 4.59. The smallest absolute Gasteiger partial charge is 0.311 e. The lowest BCUT2D eigenvalue weighted by molar-refractivity contribution is -0.134. The van der Waals surface area contributed by atoms with E-state index in [1.807, 2.05) is 37.2 Å². The van der Waals surface area contributed by atoms with Gasteiger partial charge in [0.05, 0.1) is 7.11 Å². The molecule has 2 amide bonds. The number of methoxy groups -OCH3 is 1. The van der Waals surface area contributed by atoms with E-state index in [2.05, 4.69) is 0 Å². The number of anilines is 1. The molecule has 7 nitrogen and oxygen atoms in total. The maximum absolute atomic E-state index is 13.1. The Morgan fingerprint density at radius 3 is 2.21 bits per heavy atom. The second-order valence-electron chi connectivity index (χ2n) is 8.48. The van der Waals surface area contributed by atoms with Crippen LogP contribution in [0.3, 0.4) is 0 Å². The van der Waals surface area contributed by atoms with Crippen LogP contribution in [0.2, 0.25) is 0 Å². The molecule has 0 aromatic heterocycles. The van der Waals surface area contributed by atoms with Crippen LogP contribution in [0.1, 0.15) is 46.4 Å². The molecule has 0 saturated heterocycles. The number of amides is 2. The van der Waals surface area contributed by atoms with Gasteiger partial charge in [-0.05, 0) is 55.3 Å². The van der Waals surface area contributed by atoms with Gasteiger partial charge in [0.25, 0.3) is 11.8 Å². The fourth-order valence-corrected chi connectivity index (χ4v) is 4.27. The molecule has 3 aromatic rings. The van der Waals surface area contributed by atoms with Gasteiger partial charge in [-0.2, -0.15) is 0 Å². The fourth-order valence-electron chi connectivity index (χ4n) is 4.27. The topological polar surface area (TPSA) is 76.2 Å². The average molecular weight is 461 g/mol. The van der Waals surface area contributed by atoms with Gasteiger partial charge >= 0.3 is 5.97 Å². The molecular formula is C27H28N2O5. The summed E-state index contributed by atoms with van der Waals surface area (Å²) in [6, 6.07) is 16.1. The molecule has 7 heteroatoms. The van der Waals surface area contributed by atoms with Crippen molar-refractivity contribution in [3.8, 4) is 11.5 Å². The zero-order chi connectivity index (χ0) is 24.2. The molecule has 0 bridgehead atoms. The Morgan fingerprint density at radius 1 is 0.853 bits per heavy atom. The first-order valence-corrected chi connectivity index (χ1v) is 11.3. The summed E-state index contributed by atoms with van der Waals surface area (Å²) in [5.74, 6) is 0.322. The predicted molar refractivity (Wildman–Crippen MR) is 131 cm³/mol. The number of carbonyl (C=O) groups is 3. The van der Waals surface area contributed by atoms with E-state index in [-0.39, 0.29) is 24.2 Å². The highest BCUT2D eigenvalue weighted by Crippen LogP contribution is 2.35. The van der Waals surface area contributed by atoms with E-state index in [9.17, 15) is 14.4 Å². The third-order valence-corrected chi connectivity index (χ3v) is 6.00. The molecule has 34 heavy (non-hydrogen) atoms. The van der Waals surface area contributed by atoms with Crippen LogP contribution in [-0.2, 0) is 4.79 Å². The van der Waals surface area contributed by atoms with Gasteiger partial charge in [0.15, 0.2) is 0 Å². The van der Waals surface area contributed by atoms with Gasteiger partial charge < -0.3 is 14.4 Å². The second kappa shape index (κ2) is 9.95. The van der Waals surface area contributed by atoms with Crippen LogP contribution in [0.15, 0.2) is 54.6 Å². The van der Waals surface area contributed by atoms with Gasteiger partial charge in [0.1, 0.15) is 11.5 Å². The van der Waals surface area contributed by atoms with Crippen LogP contribution in [0.25, 0.3) is 10.8 Å². The predicted octanol–water partition coefficient (Wildman–Crippen LogP) is 4.68. The van der Waals surface area contributed by atoms with Crippen LogP contribution in [0.5, 0.6) is 11.5 Å². The number of imide groups is 1. The van der Waals surface area contributed by atoms with Crippen molar-refractivity contribution in [3.05, 3.63) is 65.7 Å². The van der Waals surface area contributed by atoms with Crippen molar-refractivity contribution in [2.24, 2.45) is 0 Å². The lowest BCUT2D eigenvalue weighted by Gasteiger charge is -2.28. The Bertz CT molecular complexity index is 1210. The van der Waals surface area contributed by atoms with E-state index in [0.29, 0.717) is 48.4 Å². The minimum absolute atomic E-state index is 0.266. The summed E-state index contributed by atoms with van der Waals surface area (Å²) >= 11 is 0.